The van der Waals surface area contributed by atoms with Crippen LogP contribution in [0.4, 0.5) is 0 Å². The van der Waals surface area contributed by atoms with E-state index >= 15 is 0 Å². The van der Waals surface area contributed by atoms with Crippen LogP contribution >= 0.6 is 0 Å². The summed E-state index contributed by atoms with van der Waals surface area (Å²) in [5.41, 5.74) is 13.4. The van der Waals surface area contributed by atoms with Crippen LogP contribution in [0.3, 0.4) is 0 Å². The first-order valence-electron chi connectivity index (χ1n) is 16.2. The van der Waals surface area contributed by atoms with E-state index in [1.54, 1.807) is 0 Å². The van der Waals surface area contributed by atoms with Gasteiger partial charge in [0.25, 0.3) is 0 Å². The highest BCUT2D eigenvalue weighted by atomic mass is 16.5. The van der Waals surface area contributed by atoms with E-state index in [0.717, 1.165) is 50.0 Å². The molecule has 0 aliphatic heterocycles. The van der Waals surface area contributed by atoms with Gasteiger partial charge in [-0.1, -0.05) is 85.0 Å². The summed E-state index contributed by atoms with van der Waals surface area (Å²) in [7, 11) is 0. The first-order chi connectivity index (χ1) is 20.8. The molecule has 0 unspecified atom stereocenters. The van der Waals surface area contributed by atoms with Crippen molar-refractivity contribution in [3.05, 3.63) is 141 Å². The van der Waals surface area contributed by atoms with Crippen LogP contribution in [0, 0.1) is 41.5 Å². The van der Waals surface area contributed by atoms with Crippen LogP contribution in [0.15, 0.2) is 84.9 Å². The smallest absolute Gasteiger partial charge is 0.131 e. The van der Waals surface area contributed by atoms with Crippen molar-refractivity contribution < 1.29 is 4.74 Å². The van der Waals surface area contributed by atoms with Gasteiger partial charge in [0.15, 0.2) is 0 Å². The van der Waals surface area contributed by atoms with Crippen molar-refractivity contribution in [2.75, 3.05) is 0 Å². The van der Waals surface area contributed by atoms with Gasteiger partial charge in [-0.3, -0.25) is 0 Å². The summed E-state index contributed by atoms with van der Waals surface area (Å²) in [6.07, 6.45) is 18.0. The van der Waals surface area contributed by atoms with E-state index in [0.29, 0.717) is 0 Å². The summed E-state index contributed by atoms with van der Waals surface area (Å²) < 4.78 is 6.92. The van der Waals surface area contributed by atoms with Crippen LogP contribution in [0.2, 0.25) is 0 Å². The van der Waals surface area contributed by atoms with E-state index in [9.17, 15) is 0 Å². The molecule has 1 heteroatoms. The van der Waals surface area contributed by atoms with Crippen LogP contribution in [0.25, 0.3) is 12.2 Å². The fourth-order valence-corrected chi connectivity index (χ4v) is 5.81. The molecule has 0 aromatic heterocycles. The second-order valence-corrected chi connectivity index (χ2v) is 12.1. The molecule has 0 fully saturated rings. The van der Waals surface area contributed by atoms with Crippen molar-refractivity contribution in [1.29, 1.82) is 0 Å². The van der Waals surface area contributed by atoms with Gasteiger partial charge in [0.05, 0.1) is 0 Å². The molecule has 4 aromatic rings. The molecule has 0 heterocycles. The fraction of sp³-hybridized carbons (Fsp3) is 0.333. The number of unbranched alkanes of at least 4 members (excludes halogenated alkanes) is 4. The molecule has 0 bridgehead atoms. The minimum Gasteiger partial charge on any atom is -0.457 e. The highest BCUT2D eigenvalue weighted by Crippen LogP contribution is 2.37. The van der Waals surface area contributed by atoms with Crippen molar-refractivity contribution in [1.82, 2.24) is 0 Å². The third kappa shape index (κ3) is 9.07. The average molecular weight is 571 g/mol. The Hall–Kier alpha value is -3.84. The Balaban J connectivity index is 1.45. The predicted octanol–water partition coefficient (Wildman–Crippen LogP) is 12.2. The molecular formula is C42H50O. The molecule has 0 atom stereocenters. The van der Waals surface area contributed by atoms with E-state index in [1.165, 1.54) is 68.5 Å². The Morgan fingerprint density at radius 2 is 0.884 bits per heavy atom. The summed E-state index contributed by atoms with van der Waals surface area (Å²) in [6, 6.07) is 25.7. The van der Waals surface area contributed by atoms with Gasteiger partial charge >= 0.3 is 0 Å². The van der Waals surface area contributed by atoms with Crippen molar-refractivity contribution >= 4 is 12.2 Å². The highest BCUT2D eigenvalue weighted by Gasteiger charge is 2.17. The zero-order chi connectivity index (χ0) is 30.6. The van der Waals surface area contributed by atoms with Gasteiger partial charge in [0.2, 0.25) is 0 Å². The fourth-order valence-electron chi connectivity index (χ4n) is 5.81. The van der Waals surface area contributed by atoms with E-state index < -0.39 is 0 Å². The standard InChI is InChI=1S/C42H50O/c1-31-29-41(39(35(5)33(31)3)27-19-9-7-13-21-37-23-15-11-16-24-37)43-42-30-32(2)34(4)36(6)40(42)28-20-10-8-14-22-38-25-17-12-18-26-38/h11-18,21-26,29-30H,7-10,19-20,27-28H2,1-6H3. The van der Waals surface area contributed by atoms with Crippen LogP contribution in [-0.4, -0.2) is 0 Å². The third-order valence-electron chi connectivity index (χ3n) is 9.04. The lowest BCUT2D eigenvalue weighted by Gasteiger charge is -2.21. The number of hydrogen-bond donors (Lipinski definition) is 0. The summed E-state index contributed by atoms with van der Waals surface area (Å²) in [5, 5.41) is 0. The maximum Gasteiger partial charge on any atom is 0.131 e. The molecule has 4 aromatic carbocycles. The summed E-state index contributed by atoms with van der Waals surface area (Å²) >= 11 is 0. The highest BCUT2D eigenvalue weighted by molar-refractivity contribution is 5.54. The maximum absolute atomic E-state index is 6.92. The Morgan fingerprint density at radius 1 is 0.488 bits per heavy atom. The van der Waals surface area contributed by atoms with Crippen molar-refractivity contribution in [3.63, 3.8) is 0 Å². The zero-order valence-electron chi connectivity index (χ0n) is 27.3. The number of benzene rings is 4. The van der Waals surface area contributed by atoms with Crippen LogP contribution in [0.5, 0.6) is 11.5 Å². The monoisotopic (exact) mass is 570 g/mol. The molecule has 0 saturated carbocycles. The lowest BCUT2D eigenvalue weighted by molar-refractivity contribution is 0.464. The first kappa shape index (κ1) is 32.1. The van der Waals surface area contributed by atoms with E-state index in [2.05, 4.69) is 139 Å². The van der Waals surface area contributed by atoms with Gasteiger partial charge in [-0.2, -0.15) is 0 Å². The molecule has 0 aliphatic carbocycles. The molecule has 4 rings (SSSR count). The van der Waals surface area contributed by atoms with Gasteiger partial charge < -0.3 is 4.74 Å². The quantitative estimate of drug-likeness (QED) is 0.137. The lowest BCUT2D eigenvalue weighted by atomic mass is 9.93. The Bertz CT molecular complexity index is 1410. The van der Waals surface area contributed by atoms with E-state index in [4.69, 9.17) is 4.74 Å². The van der Waals surface area contributed by atoms with Crippen LogP contribution in [0.1, 0.15) is 94.2 Å². The van der Waals surface area contributed by atoms with Crippen molar-refractivity contribution in [3.8, 4) is 11.5 Å². The molecule has 0 N–H and O–H groups in total. The largest absolute Gasteiger partial charge is 0.457 e. The van der Waals surface area contributed by atoms with Crippen LogP contribution < -0.4 is 4.74 Å². The normalized spacial score (nSPS) is 11.6. The van der Waals surface area contributed by atoms with E-state index in [-0.39, 0.29) is 0 Å². The Kier molecular flexibility index (Phi) is 12.0. The van der Waals surface area contributed by atoms with Gasteiger partial charge in [0, 0.05) is 0 Å². The van der Waals surface area contributed by atoms with Gasteiger partial charge in [-0.25, -0.2) is 0 Å². The number of allylic oxidation sites excluding steroid dienone is 2. The Labute approximate surface area is 261 Å². The second-order valence-electron chi connectivity index (χ2n) is 12.1. The number of hydrogen-bond acceptors (Lipinski definition) is 1. The van der Waals surface area contributed by atoms with Crippen LogP contribution in [-0.2, 0) is 12.8 Å². The summed E-state index contributed by atoms with van der Waals surface area (Å²) in [5.74, 6) is 2.07. The maximum atomic E-state index is 6.92. The number of rotatable bonds is 14. The zero-order valence-corrected chi connectivity index (χ0v) is 27.3. The lowest BCUT2D eigenvalue weighted by Crippen LogP contribution is -2.04. The molecule has 0 amide bonds. The molecule has 1 nitrogen and oxygen atoms in total. The summed E-state index contributed by atoms with van der Waals surface area (Å²) in [4.78, 5) is 0. The summed E-state index contributed by atoms with van der Waals surface area (Å²) in [6.45, 7) is 13.5. The molecule has 0 radical (unpaired) electrons. The van der Waals surface area contributed by atoms with Gasteiger partial charge in [0.1, 0.15) is 11.5 Å². The van der Waals surface area contributed by atoms with Crippen molar-refractivity contribution in [2.24, 2.45) is 0 Å². The molecular weight excluding hydrogens is 520 g/mol. The minimum absolute atomic E-state index is 1.04. The first-order valence-corrected chi connectivity index (χ1v) is 16.2. The third-order valence-corrected chi connectivity index (χ3v) is 9.04. The van der Waals surface area contributed by atoms with E-state index in [1.807, 2.05) is 0 Å². The topological polar surface area (TPSA) is 9.23 Å². The number of ether oxygens (including phenoxy) is 1. The van der Waals surface area contributed by atoms with Crippen molar-refractivity contribution in [2.45, 2.75) is 92.9 Å². The van der Waals surface area contributed by atoms with Gasteiger partial charge in [-0.15, -0.1) is 0 Å². The molecule has 0 saturated heterocycles. The molecule has 0 spiro atoms. The van der Waals surface area contributed by atoms with Gasteiger partial charge in [-0.05, 0) is 161 Å². The SMILES string of the molecule is Cc1cc(Oc2cc(C)c(C)c(C)c2CCCCC=Cc2ccccc2)c(CCCCC=Cc2ccccc2)c(C)c1C. The average Bonchev–Trinajstić information content (AvgIpc) is 3.02. The minimum atomic E-state index is 1.04. The molecule has 43 heavy (non-hydrogen) atoms. The molecule has 224 valence electrons. The Morgan fingerprint density at radius 3 is 1.28 bits per heavy atom. The number of aryl methyl sites for hydroxylation is 2. The molecule has 0 aliphatic rings. The second kappa shape index (κ2) is 16.1. The predicted molar refractivity (Wildman–Crippen MR) is 187 cm³/mol.